The van der Waals surface area contributed by atoms with E-state index in [1.54, 1.807) is 0 Å². The molecular formula is C21H21ClF3NO4S. The molecule has 0 radical (unpaired) electrons. The van der Waals surface area contributed by atoms with Gasteiger partial charge in [-0.05, 0) is 56.2 Å². The Bertz CT molecular complexity index is 1060. The molecule has 1 saturated carbocycles. The van der Waals surface area contributed by atoms with Crippen molar-refractivity contribution in [1.29, 1.82) is 0 Å². The van der Waals surface area contributed by atoms with Gasteiger partial charge in [0, 0.05) is 30.0 Å². The molecule has 0 aromatic heterocycles. The van der Waals surface area contributed by atoms with E-state index in [-0.39, 0.29) is 33.7 Å². The first kappa shape index (κ1) is 23.6. The molecule has 0 unspecified atom stereocenters. The summed E-state index contributed by atoms with van der Waals surface area (Å²) in [6.07, 6.45) is 2.82. The third kappa shape index (κ3) is 5.22. The van der Waals surface area contributed by atoms with Gasteiger partial charge < -0.3 is 10.4 Å². The summed E-state index contributed by atoms with van der Waals surface area (Å²) in [5.41, 5.74) is -0.398. The van der Waals surface area contributed by atoms with Crippen LogP contribution in [0.15, 0.2) is 35.2 Å². The average molecular weight is 476 g/mol. The summed E-state index contributed by atoms with van der Waals surface area (Å²) >= 11 is 6.12. The number of anilines is 1. The predicted molar refractivity (Wildman–Crippen MR) is 110 cm³/mol. The molecule has 2 aromatic carbocycles. The standard InChI is InChI=1S/C21H21ClF3NO4S/c22-16-6-3-13(21(28)26-14-10-17(23)20(25)18(24)11-14)9-19(16)31(29,30)15-4-1-12(2-5-15)7-8-27/h3,6,9-12,15,27H,1-2,4-5,7-8H2,(H,26,28)/t12-,15+. The second-order valence-corrected chi connectivity index (χ2v) is 10.2. The first-order valence-corrected chi connectivity index (χ1v) is 11.7. The molecule has 0 spiro atoms. The van der Waals surface area contributed by atoms with Crippen molar-refractivity contribution in [3.8, 4) is 0 Å². The summed E-state index contributed by atoms with van der Waals surface area (Å²) in [6.45, 7) is 0.0624. The van der Waals surface area contributed by atoms with Gasteiger partial charge >= 0.3 is 0 Å². The van der Waals surface area contributed by atoms with E-state index in [1.165, 1.54) is 12.1 Å². The molecule has 31 heavy (non-hydrogen) atoms. The smallest absolute Gasteiger partial charge is 0.255 e. The Balaban J connectivity index is 1.82. The SMILES string of the molecule is O=C(Nc1cc(F)c(F)c(F)c1)c1ccc(Cl)c(S(=O)(=O)[C@H]2CC[C@@H](CCO)CC2)c1. The van der Waals surface area contributed by atoms with Gasteiger partial charge in [-0.2, -0.15) is 0 Å². The summed E-state index contributed by atoms with van der Waals surface area (Å²) < 4.78 is 66.1. The fraction of sp³-hybridized carbons (Fsp3) is 0.381. The number of amides is 1. The van der Waals surface area contributed by atoms with Crippen LogP contribution in [-0.4, -0.2) is 31.3 Å². The maximum Gasteiger partial charge on any atom is 0.255 e. The summed E-state index contributed by atoms with van der Waals surface area (Å²) in [4.78, 5) is 12.3. The monoisotopic (exact) mass is 475 g/mol. The van der Waals surface area contributed by atoms with Crippen LogP contribution >= 0.6 is 11.6 Å². The number of carbonyl (C=O) groups excluding carboxylic acids is 1. The van der Waals surface area contributed by atoms with Gasteiger partial charge in [-0.25, -0.2) is 21.6 Å². The number of hydrogen-bond acceptors (Lipinski definition) is 4. The maximum absolute atomic E-state index is 13.4. The van der Waals surface area contributed by atoms with Crippen LogP contribution < -0.4 is 5.32 Å². The van der Waals surface area contributed by atoms with Crippen molar-refractivity contribution < 1.29 is 31.5 Å². The zero-order valence-electron chi connectivity index (χ0n) is 16.4. The molecule has 2 aromatic rings. The lowest BCUT2D eigenvalue weighted by Gasteiger charge is -2.28. The summed E-state index contributed by atoms with van der Waals surface area (Å²) in [5.74, 6) is -5.14. The predicted octanol–water partition coefficient (Wildman–Crippen LogP) is 4.72. The molecule has 1 aliphatic carbocycles. The lowest BCUT2D eigenvalue weighted by Crippen LogP contribution is -2.28. The number of aliphatic hydroxyl groups excluding tert-OH is 1. The van der Waals surface area contributed by atoms with Crippen molar-refractivity contribution in [2.45, 2.75) is 42.2 Å². The molecular weight excluding hydrogens is 455 g/mol. The van der Waals surface area contributed by atoms with Crippen molar-refractivity contribution in [2.75, 3.05) is 11.9 Å². The molecule has 1 amide bonds. The maximum atomic E-state index is 13.4. The Morgan fingerprint density at radius 1 is 1.06 bits per heavy atom. The highest BCUT2D eigenvalue weighted by molar-refractivity contribution is 7.92. The second kappa shape index (κ2) is 9.58. The quantitative estimate of drug-likeness (QED) is 0.592. The van der Waals surface area contributed by atoms with E-state index in [0.29, 0.717) is 44.2 Å². The van der Waals surface area contributed by atoms with Crippen LogP contribution in [0.5, 0.6) is 0 Å². The van der Waals surface area contributed by atoms with Gasteiger partial charge in [0.2, 0.25) is 0 Å². The molecule has 0 atom stereocenters. The highest BCUT2D eigenvalue weighted by Crippen LogP contribution is 2.35. The van der Waals surface area contributed by atoms with E-state index in [0.717, 1.165) is 6.07 Å². The fourth-order valence-corrected chi connectivity index (χ4v) is 6.11. The Labute approximate surface area is 183 Å². The Kier molecular flexibility index (Phi) is 7.28. The first-order valence-electron chi connectivity index (χ1n) is 9.73. The number of halogens is 4. The molecule has 2 N–H and O–H groups in total. The number of nitrogens with one attached hydrogen (secondary N) is 1. The molecule has 0 bridgehead atoms. The average Bonchev–Trinajstić information content (AvgIpc) is 2.72. The zero-order chi connectivity index (χ0) is 22.8. The summed E-state index contributed by atoms with van der Waals surface area (Å²) in [7, 11) is -3.82. The van der Waals surface area contributed by atoms with Crippen molar-refractivity contribution in [3.05, 3.63) is 58.4 Å². The molecule has 168 valence electrons. The van der Waals surface area contributed by atoms with Crippen LogP contribution in [0.1, 0.15) is 42.5 Å². The summed E-state index contributed by atoms with van der Waals surface area (Å²) in [5, 5.41) is 10.6. The van der Waals surface area contributed by atoms with Crippen LogP contribution in [0.4, 0.5) is 18.9 Å². The Morgan fingerprint density at radius 2 is 1.68 bits per heavy atom. The first-order chi connectivity index (χ1) is 14.6. The van der Waals surface area contributed by atoms with Gasteiger partial charge in [-0.3, -0.25) is 4.79 Å². The minimum absolute atomic E-state index is 0.0343. The minimum Gasteiger partial charge on any atom is -0.396 e. The molecule has 1 fully saturated rings. The van der Waals surface area contributed by atoms with Gasteiger partial charge in [-0.15, -0.1) is 0 Å². The number of aliphatic hydroxyl groups is 1. The van der Waals surface area contributed by atoms with E-state index < -0.39 is 38.4 Å². The molecule has 0 saturated heterocycles. The van der Waals surface area contributed by atoms with Crippen LogP contribution in [0.25, 0.3) is 0 Å². The highest BCUT2D eigenvalue weighted by Gasteiger charge is 2.33. The fourth-order valence-electron chi connectivity index (χ4n) is 3.79. The van der Waals surface area contributed by atoms with Gasteiger partial charge in [0.05, 0.1) is 15.2 Å². The van der Waals surface area contributed by atoms with Crippen molar-refractivity contribution in [3.63, 3.8) is 0 Å². The molecule has 0 aliphatic heterocycles. The number of hydrogen-bond donors (Lipinski definition) is 2. The van der Waals surface area contributed by atoms with E-state index in [4.69, 9.17) is 16.7 Å². The number of benzene rings is 2. The van der Waals surface area contributed by atoms with E-state index in [2.05, 4.69) is 5.32 Å². The number of carbonyl (C=O) groups is 1. The highest BCUT2D eigenvalue weighted by atomic mass is 35.5. The van der Waals surface area contributed by atoms with Gasteiger partial charge in [0.15, 0.2) is 27.3 Å². The molecule has 0 heterocycles. The molecule has 1 aliphatic rings. The number of sulfone groups is 1. The number of rotatable bonds is 6. The molecule has 10 heteroatoms. The topological polar surface area (TPSA) is 83.5 Å². The zero-order valence-corrected chi connectivity index (χ0v) is 17.9. The molecule has 5 nitrogen and oxygen atoms in total. The van der Waals surface area contributed by atoms with Gasteiger partial charge in [0.25, 0.3) is 5.91 Å². The van der Waals surface area contributed by atoms with Crippen LogP contribution in [0.3, 0.4) is 0 Å². The lowest BCUT2D eigenvalue weighted by atomic mass is 9.87. The largest absolute Gasteiger partial charge is 0.396 e. The van der Waals surface area contributed by atoms with E-state index in [1.807, 2.05) is 0 Å². The van der Waals surface area contributed by atoms with E-state index >= 15 is 0 Å². The Morgan fingerprint density at radius 3 is 2.26 bits per heavy atom. The van der Waals surface area contributed by atoms with Crippen LogP contribution in [-0.2, 0) is 9.84 Å². The van der Waals surface area contributed by atoms with E-state index in [9.17, 15) is 26.4 Å². The van der Waals surface area contributed by atoms with Crippen LogP contribution in [0.2, 0.25) is 5.02 Å². The minimum atomic E-state index is -3.82. The third-order valence-corrected chi connectivity index (χ3v) is 8.25. The normalized spacial score (nSPS) is 19.3. The van der Waals surface area contributed by atoms with Crippen LogP contribution in [0, 0.1) is 23.4 Å². The van der Waals surface area contributed by atoms with Gasteiger partial charge in [-0.1, -0.05) is 11.6 Å². The van der Waals surface area contributed by atoms with Crippen molar-refractivity contribution in [2.24, 2.45) is 5.92 Å². The molecule has 3 rings (SSSR count). The lowest BCUT2D eigenvalue weighted by molar-refractivity contribution is 0.102. The van der Waals surface area contributed by atoms with Crippen molar-refractivity contribution in [1.82, 2.24) is 0 Å². The van der Waals surface area contributed by atoms with Crippen molar-refractivity contribution >= 4 is 33.0 Å². The second-order valence-electron chi connectivity index (χ2n) is 7.55. The summed E-state index contributed by atoms with van der Waals surface area (Å²) in [6, 6.07) is 4.92. The third-order valence-electron chi connectivity index (χ3n) is 5.51. The van der Waals surface area contributed by atoms with Gasteiger partial charge in [0.1, 0.15) is 0 Å². The Hall–Kier alpha value is -2.10.